The van der Waals surface area contributed by atoms with Crippen LogP contribution in [0.4, 0.5) is 0 Å². The zero-order chi connectivity index (χ0) is 14.5. The lowest BCUT2D eigenvalue weighted by molar-refractivity contribution is -0.128. The molecule has 2 rings (SSSR count). The molecule has 0 spiro atoms. The molecule has 1 aromatic rings. The second-order valence-electron chi connectivity index (χ2n) is 5.13. The summed E-state index contributed by atoms with van der Waals surface area (Å²) in [4.78, 5) is 14.0. The van der Waals surface area contributed by atoms with Gasteiger partial charge in [-0.25, -0.2) is 0 Å². The predicted molar refractivity (Wildman–Crippen MR) is 80.6 cm³/mol. The number of hydrogen-bond donors (Lipinski definition) is 0. The highest BCUT2D eigenvalue weighted by Crippen LogP contribution is 2.23. The SMILES string of the molecule is C=CC(=O)N(Cc1cc(C)cc(OC)c1)C1CC=CC1. The molecule has 0 heterocycles. The zero-order valence-corrected chi connectivity index (χ0v) is 12.1. The summed E-state index contributed by atoms with van der Waals surface area (Å²) in [6, 6.07) is 6.31. The fourth-order valence-corrected chi connectivity index (χ4v) is 2.59. The molecule has 0 unspecified atom stereocenters. The van der Waals surface area contributed by atoms with Crippen LogP contribution in [0.2, 0.25) is 0 Å². The minimum atomic E-state index is -0.0147. The first-order chi connectivity index (χ1) is 9.63. The van der Waals surface area contributed by atoms with E-state index in [1.165, 1.54) is 6.08 Å². The molecule has 1 amide bonds. The smallest absolute Gasteiger partial charge is 0.246 e. The summed E-state index contributed by atoms with van der Waals surface area (Å²) >= 11 is 0. The van der Waals surface area contributed by atoms with Crippen LogP contribution >= 0.6 is 0 Å². The van der Waals surface area contributed by atoms with Crippen molar-refractivity contribution < 1.29 is 9.53 Å². The van der Waals surface area contributed by atoms with Crippen molar-refractivity contribution >= 4 is 5.91 Å². The molecule has 0 N–H and O–H groups in total. The van der Waals surface area contributed by atoms with Crippen LogP contribution in [-0.2, 0) is 11.3 Å². The van der Waals surface area contributed by atoms with Crippen LogP contribution in [0, 0.1) is 6.92 Å². The average Bonchev–Trinajstić information content (AvgIpc) is 2.97. The topological polar surface area (TPSA) is 29.5 Å². The lowest BCUT2D eigenvalue weighted by Gasteiger charge is -2.28. The Morgan fingerprint density at radius 3 is 2.70 bits per heavy atom. The maximum absolute atomic E-state index is 12.1. The van der Waals surface area contributed by atoms with E-state index < -0.39 is 0 Å². The first-order valence-electron chi connectivity index (χ1n) is 6.86. The number of methoxy groups -OCH3 is 1. The van der Waals surface area contributed by atoms with E-state index in [0.717, 1.165) is 29.7 Å². The number of hydrogen-bond acceptors (Lipinski definition) is 2. The van der Waals surface area contributed by atoms with Gasteiger partial charge in [0.15, 0.2) is 0 Å². The Morgan fingerprint density at radius 1 is 1.40 bits per heavy atom. The number of aryl methyl sites for hydroxylation is 1. The van der Waals surface area contributed by atoms with E-state index in [1.807, 2.05) is 24.0 Å². The molecule has 1 aromatic carbocycles. The highest BCUT2D eigenvalue weighted by molar-refractivity contribution is 5.87. The van der Waals surface area contributed by atoms with Crippen molar-refractivity contribution in [2.75, 3.05) is 7.11 Å². The van der Waals surface area contributed by atoms with Gasteiger partial charge in [0, 0.05) is 12.6 Å². The molecular weight excluding hydrogens is 250 g/mol. The Labute approximate surface area is 120 Å². The summed E-state index contributed by atoms with van der Waals surface area (Å²) in [5, 5.41) is 0. The van der Waals surface area contributed by atoms with Crippen molar-refractivity contribution in [3.63, 3.8) is 0 Å². The van der Waals surface area contributed by atoms with Crippen LogP contribution in [0.3, 0.4) is 0 Å². The van der Waals surface area contributed by atoms with Gasteiger partial charge in [0.25, 0.3) is 0 Å². The van der Waals surface area contributed by atoms with Gasteiger partial charge in [0.2, 0.25) is 5.91 Å². The molecule has 3 heteroatoms. The standard InChI is InChI=1S/C17H21NO2/c1-4-17(19)18(15-7-5-6-8-15)12-14-9-13(2)10-16(11-14)20-3/h4-6,9-11,15H,1,7-8,12H2,2-3H3. The van der Waals surface area contributed by atoms with Gasteiger partial charge in [-0.15, -0.1) is 0 Å². The van der Waals surface area contributed by atoms with Crippen LogP contribution in [0.15, 0.2) is 43.0 Å². The highest BCUT2D eigenvalue weighted by Gasteiger charge is 2.22. The minimum absolute atomic E-state index is 0.0147. The van der Waals surface area contributed by atoms with E-state index in [-0.39, 0.29) is 11.9 Å². The summed E-state index contributed by atoms with van der Waals surface area (Å²) < 4.78 is 5.29. The average molecular weight is 271 g/mol. The normalized spacial score (nSPS) is 14.3. The molecule has 1 aliphatic carbocycles. The molecule has 0 radical (unpaired) electrons. The second kappa shape index (κ2) is 6.42. The Bertz CT molecular complexity index is 526. The summed E-state index contributed by atoms with van der Waals surface area (Å²) in [6.07, 6.45) is 7.49. The van der Waals surface area contributed by atoms with Crippen LogP contribution in [-0.4, -0.2) is 24.0 Å². The largest absolute Gasteiger partial charge is 0.497 e. The summed E-state index contributed by atoms with van der Waals surface area (Å²) in [5.74, 6) is 0.815. The van der Waals surface area contributed by atoms with Crippen molar-refractivity contribution in [3.8, 4) is 5.75 Å². The quantitative estimate of drug-likeness (QED) is 0.608. The van der Waals surface area contributed by atoms with E-state index in [2.05, 4.69) is 24.8 Å². The van der Waals surface area contributed by atoms with Crippen molar-refractivity contribution in [1.82, 2.24) is 4.90 Å². The van der Waals surface area contributed by atoms with Gasteiger partial charge in [-0.1, -0.05) is 24.8 Å². The first kappa shape index (κ1) is 14.4. The monoisotopic (exact) mass is 271 g/mol. The summed E-state index contributed by atoms with van der Waals surface area (Å²) in [7, 11) is 1.66. The van der Waals surface area contributed by atoms with E-state index in [1.54, 1.807) is 7.11 Å². The maximum Gasteiger partial charge on any atom is 0.246 e. The van der Waals surface area contributed by atoms with Crippen molar-refractivity contribution in [2.45, 2.75) is 32.4 Å². The zero-order valence-electron chi connectivity index (χ0n) is 12.1. The third-order valence-electron chi connectivity index (χ3n) is 3.58. The van der Waals surface area contributed by atoms with Crippen LogP contribution in [0.1, 0.15) is 24.0 Å². The molecule has 0 fully saturated rings. The molecule has 0 atom stereocenters. The fraction of sp³-hybridized carbons (Fsp3) is 0.353. The Hall–Kier alpha value is -2.03. The first-order valence-corrected chi connectivity index (χ1v) is 6.86. The molecule has 1 aliphatic rings. The van der Waals surface area contributed by atoms with Gasteiger partial charge < -0.3 is 9.64 Å². The van der Waals surface area contributed by atoms with Gasteiger partial charge in [-0.3, -0.25) is 4.79 Å². The Morgan fingerprint density at radius 2 is 2.10 bits per heavy atom. The van der Waals surface area contributed by atoms with E-state index in [9.17, 15) is 4.79 Å². The minimum Gasteiger partial charge on any atom is -0.497 e. The molecule has 20 heavy (non-hydrogen) atoms. The summed E-state index contributed by atoms with van der Waals surface area (Å²) in [5.41, 5.74) is 2.22. The third kappa shape index (κ3) is 3.29. The van der Waals surface area contributed by atoms with Gasteiger partial charge in [0.05, 0.1) is 7.11 Å². The summed E-state index contributed by atoms with van der Waals surface area (Å²) in [6.45, 7) is 6.23. The van der Waals surface area contributed by atoms with Gasteiger partial charge in [0.1, 0.15) is 5.75 Å². The molecule has 0 saturated carbocycles. The molecular formula is C17H21NO2. The van der Waals surface area contributed by atoms with Crippen LogP contribution < -0.4 is 4.74 Å². The number of rotatable bonds is 5. The van der Waals surface area contributed by atoms with Crippen molar-refractivity contribution in [2.24, 2.45) is 0 Å². The van der Waals surface area contributed by atoms with E-state index in [0.29, 0.717) is 6.54 Å². The second-order valence-corrected chi connectivity index (χ2v) is 5.13. The molecule has 3 nitrogen and oxygen atoms in total. The number of amides is 1. The Kier molecular flexibility index (Phi) is 4.61. The van der Waals surface area contributed by atoms with Crippen molar-refractivity contribution in [1.29, 1.82) is 0 Å². The van der Waals surface area contributed by atoms with Crippen LogP contribution in [0.25, 0.3) is 0 Å². The number of benzene rings is 1. The maximum atomic E-state index is 12.1. The van der Waals surface area contributed by atoms with Crippen molar-refractivity contribution in [3.05, 3.63) is 54.1 Å². The van der Waals surface area contributed by atoms with Crippen LogP contribution in [0.5, 0.6) is 5.75 Å². The Balaban J connectivity index is 2.20. The van der Waals surface area contributed by atoms with E-state index in [4.69, 9.17) is 4.74 Å². The lowest BCUT2D eigenvalue weighted by atomic mass is 10.1. The van der Waals surface area contributed by atoms with Gasteiger partial charge in [-0.2, -0.15) is 0 Å². The van der Waals surface area contributed by atoms with E-state index >= 15 is 0 Å². The van der Waals surface area contributed by atoms with Gasteiger partial charge in [-0.05, 0) is 49.1 Å². The number of carbonyl (C=O) groups excluding carboxylic acids is 1. The predicted octanol–water partition coefficient (Wildman–Crippen LogP) is 3.24. The fourth-order valence-electron chi connectivity index (χ4n) is 2.59. The molecule has 0 aromatic heterocycles. The third-order valence-corrected chi connectivity index (χ3v) is 3.58. The lowest BCUT2D eigenvalue weighted by Crippen LogP contribution is -2.37. The molecule has 0 aliphatic heterocycles. The number of nitrogens with zero attached hydrogens (tertiary/aromatic N) is 1. The highest BCUT2D eigenvalue weighted by atomic mass is 16.5. The number of ether oxygens (including phenoxy) is 1. The molecule has 0 saturated heterocycles. The molecule has 0 bridgehead atoms. The van der Waals surface area contributed by atoms with Gasteiger partial charge >= 0.3 is 0 Å². The molecule has 106 valence electrons. The number of carbonyl (C=O) groups is 1.